The highest BCUT2D eigenvalue weighted by molar-refractivity contribution is 5.77. The number of hydrogen-bond acceptors (Lipinski definition) is 4. The number of carbonyl (C=O) groups excluding carboxylic acids is 1. The second-order valence-electron chi connectivity index (χ2n) is 7.89. The lowest BCUT2D eigenvalue weighted by molar-refractivity contribution is -0.131. The van der Waals surface area contributed by atoms with Crippen LogP contribution < -0.4 is 4.90 Å². The Morgan fingerprint density at radius 3 is 2.76 bits per heavy atom. The summed E-state index contributed by atoms with van der Waals surface area (Å²) in [7, 11) is 0. The third-order valence-electron chi connectivity index (χ3n) is 5.98. The Morgan fingerprint density at radius 1 is 1.12 bits per heavy atom. The fraction of sp³-hybridized carbons (Fsp3) is 0.650. The van der Waals surface area contributed by atoms with Crippen molar-refractivity contribution in [1.82, 2.24) is 9.80 Å². The van der Waals surface area contributed by atoms with Crippen LogP contribution in [0, 0.1) is 0 Å². The van der Waals surface area contributed by atoms with Crippen LogP contribution in [0.1, 0.15) is 31.2 Å². The van der Waals surface area contributed by atoms with E-state index in [2.05, 4.69) is 34.1 Å². The van der Waals surface area contributed by atoms with E-state index in [0.717, 1.165) is 39.1 Å². The highest BCUT2D eigenvalue weighted by Crippen LogP contribution is 2.28. The number of aliphatic hydroxyl groups is 1. The van der Waals surface area contributed by atoms with Crippen LogP contribution in [0.3, 0.4) is 0 Å². The van der Waals surface area contributed by atoms with Crippen molar-refractivity contribution >= 4 is 11.6 Å². The molecule has 0 radical (unpaired) electrons. The Morgan fingerprint density at radius 2 is 1.92 bits per heavy atom. The van der Waals surface area contributed by atoms with Crippen LogP contribution in [0.5, 0.6) is 0 Å². The zero-order valence-electron chi connectivity index (χ0n) is 15.0. The fourth-order valence-electron chi connectivity index (χ4n) is 4.58. The van der Waals surface area contributed by atoms with E-state index in [-0.39, 0.29) is 5.91 Å². The molecule has 5 heteroatoms. The maximum absolute atomic E-state index is 12.6. The largest absolute Gasteiger partial charge is 0.387 e. The van der Waals surface area contributed by atoms with E-state index in [1.54, 1.807) is 0 Å². The lowest BCUT2D eigenvalue weighted by Crippen LogP contribution is -2.45. The van der Waals surface area contributed by atoms with Gasteiger partial charge in [-0.1, -0.05) is 18.2 Å². The summed E-state index contributed by atoms with van der Waals surface area (Å²) in [5.41, 5.74) is 1.96. The Labute approximate surface area is 150 Å². The third-order valence-corrected chi connectivity index (χ3v) is 5.98. The molecule has 3 aliphatic rings. The van der Waals surface area contributed by atoms with E-state index >= 15 is 0 Å². The molecule has 3 heterocycles. The second-order valence-corrected chi connectivity index (χ2v) is 7.89. The van der Waals surface area contributed by atoms with Crippen molar-refractivity contribution in [2.75, 3.05) is 50.7 Å². The van der Waals surface area contributed by atoms with Gasteiger partial charge in [0.2, 0.25) is 5.91 Å². The van der Waals surface area contributed by atoms with Crippen LogP contribution >= 0.6 is 0 Å². The smallest absolute Gasteiger partial charge is 0.224 e. The van der Waals surface area contributed by atoms with Crippen molar-refractivity contribution in [3.05, 3.63) is 29.8 Å². The maximum atomic E-state index is 12.6. The molecule has 0 bridgehead atoms. The predicted molar refractivity (Wildman–Crippen MR) is 98.8 cm³/mol. The molecule has 1 aromatic rings. The molecule has 2 saturated heterocycles. The number of anilines is 1. The van der Waals surface area contributed by atoms with Crippen LogP contribution in [0.2, 0.25) is 0 Å². The molecule has 0 spiro atoms. The average molecular weight is 343 g/mol. The van der Waals surface area contributed by atoms with Gasteiger partial charge in [0.25, 0.3) is 0 Å². The van der Waals surface area contributed by atoms with Crippen LogP contribution in [0.15, 0.2) is 24.3 Å². The number of benzene rings is 1. The summed E-state index contributed by atoms with van der Waals surface area (Å²) in [4.78, 5) is 19.1. The Kier molecular flexibility index (Phi) is 4.69. The molecular formula is C20H29N3O2. The number of amides is 1. The Hall–Kier alpha value is -1.59. The van der Waals surface area contributed by atoms with Crippen LogP contribution in [0.25, 0.3) is 0 Å². The van der Waals surface area contributed by atoms with Gasteiger partial charge in [-0.2, -0.15) is 0 Å². The maximum Gasteiger partial charge on any atom is 0.224 e. The first-order valence-corrected chi connectivity index (χ1v) is 9.68. The number of β-amino-alcohol motifs (C(OH)–C–C–N with tert-alkyl or cyclic N) is 1. The summed E-state index contributed by atoms with van der Waals surface area (Å²) in [6.07, 6.45) is 4.78. The standard InChI is InChI=1S/C20H29N3O2/c24-19(8-13-22-12-7-17-5-1-2-6-18(17)22)23-14-9-20(25,16-23)15-21-10-3-4-11-21/h1-2,5-6,25H,3-4,7-16H2/t20-/m1/s1. The van der Waals surface area contributed by atoms with Gasteiger partial charge in [-0.25, -0.2) is 0 Å². The van der Waals surface area contributed by atoms with E-state index in [4.69, 9.17) is 0 Å². The molecule has 0 saturated carbocycles. The van der Waals surface area contributed by atoms with E-state index in [9.17, 15) is 9.90 Å². The zero-order chi connectivity index (χ0) is 17.3. The van der Waals surface area contributed by atoms with Gasteiger partial charge in [-0.05, 0) is 50.4 Å². The van der Waals surface area contributed by atoms with Crippen LogP contribution in [-0.2, 0) is 11.2 Å². The first-order chi connectivity index (χ1) is 12.1. The summed E-state index contributed by atoms with van der Waals surface area (Å²) in [6, 6.07) is 8.48. The zero-order valence-corrected chi connectivity index (χ0v) is 15.0. The fourth-order valence-corrected chi connectivity index (χ4v) is 4.58. The molecule has 3 aliphatic heterocycles. The minimum atomic E-state index is -0.708. The lowest BCUT2D eigenvalue weighted by atomic mass is 10.0. The summed E-state index contributed by atoms with van der Waals surface area (Å²) >= 11 is 0. The molecule has 0 unspecified atom stereocenters. The van der Waals surface area contributed by atoms with E-state index in [1.807, 2.05) is 4.90 Å². The number of fused-ring (bicyclic) bond motifs is 1. The topological polar surface area (TPSA) is 47.0 Å². The molecular weight excluding hydrogens is 314 g/mol. The Balaban J connectivity index is 1.28. The summed E-state index contributed by atoms with van der Waals surface area (Å²) in [6.45, 7) is 5.87. The number of hydrogen-bond donors (Lipinski definition) is 1. The van der Waals surface area contributed by atoms with Crippen molar-refractivity contribution < 1.29 is 9.90 Å². The Bertz CT molecular complexity index is 629. The predicted octanol–water partition coefficient (Wildman–Crippen LogP) is 1.50. The monoisotopic (exact) mass is 343 g/mol. The molecule has 5 nitrogen and oxygen atoms in total. The highest BCUT2D eigenvalue weighted by Gasteiger charge is 2.39. The molecule has 1 N–H and O–H groups in total. The number of nitrogens with zero attached hydrogens (tertiary/aromatic N) is 3. The van der Waals surface area contributed by atoms with Gasteiger partial charge in [0, 0.05) is 38.3 Å². The molecule has 136 valence electrons. The second kappa shape index (κ2) is 6.96. The van der Waals surface area contributed by atoms with Crippen molar-refractivity contribution in [3.63, 3.8) is 0 Å². The van der Waals surface area contributed by atoms with Gasteiger partial charge in [0.05, 0.1) is 12.1 Å². The van der Waals surface area contributed by atoms with E-state index in [0.29, 0.717) is 25.9 Å². The molecule has 1 amide bonds. The van der Waals surface area contributed by atoms with Crippen LogP contribution in [0.4, 0.5) is 5.69 Å². The minimum absolute atomic E-state index is 0.182. The minimum Gasteiger partial charge on any atom is -0.387 e. The van der Waals surface area contributed by atoms with Crippen LogP contribution in [-0.4, -0.2) is 72.2 Å². The van der Waals surface area contributed by atoms with Gasteiger partial charge >= 0.3 is 0 Å². The number of likely N-dealkylation sites (tertiary alicyclic amines) is 2. The van der Waals surface area contributed by atoms with Gasteiger partial charge < -0.3 is 19.8 Å². The van der Waals surface area contributed by atoms with Gasteiger partial charge in [-0.15, -0.1) is 0 Å². The van der Waals surface area contributed by atoms with Gasteiger partial charge in [0.1, 0.15) is 0 Å². The molecule has 25 heavy (non-hydrogen) atoms. The van der Waals surface area contributed by atoms with Gasteiger partial charge in [0.15, 0.2) is 0 Å². The summed E-state index contributed by atoms with van der Waals surface area (Å²) < 4.78 is 0. The molecule has 0 aliphatic carbocycles. The number of rotatable bonds is 5. The summed E-state index contributed by atoms with van der Waals surface area (Å²) in [5.74, 6) is 0.182. The molecule has 0 aromatic heterocycles. The SMILES string of the molecule is O=C(CCN1CCc2ccccc21)N1CC[C@@](O)(CN2CCCC2)C1. The lowest BCUT2D eigenvalue weighted by Gasteiger charge is -2.28. The molecule has 1 aromatic carbocycles. The number of para-hydroxylation sites is 1. The van der Waals surface area contributed by atoms with E-state index < -0.39 is 5.60 Å². The third kappa shape index (κ3) is 3.67. The molecule has 2 fully saturated rings. The quantitative estimate of drug-likeness (QED) is 0.880. The number of carbonyl (C=O) groups is 1. The van der Waals surface area contributed by atoms with Crippen molar-refractivity contribution in [3.8, 4) is 0 Å². The summed E-state index contributed by atoms with van der Waals surface area (Å²) in [5, 5.41) is 10.8. The first-order valence-electron chi connectivity index (χ1n) is 9.68. The normalized spacial score (nSPS) is 26.4. The first kappa shape index (κ1) is 16.9. The highest BCUT2D eigenvalue weighted by atomic mass is 16.3. The molecule has 1 atom stereocenters. The van der Waals surface area contributed by atoms with Crippen molar-refractivity contribution in [1.29, 1.82) is 0 Å². The van der Waals surface area contributed by atoms with Gasteiger partial charge in [-0.3, -0.25) is 4.79 Å². The average Bonchev–Trinajstić information content (AvgIpc) is 3.33. The van der Waals surface area contributed by atoms with Crippen molar-refractivity contribution in [2.45, 2.75) is 37.7 Å². The van der Waals surface area contributed by atoms with E-state index in [1.165, 1.54) is 24.1 Å². The van der Waals surface area contributed by atoms with Crippen molar-refractivity contribution in [2.24, 2.45) is 0 Å². The molecule has 4 rings (SSSR count).